The third-order valence-corrected chi connectivity index (χ3v) is 2.89. The molecule has 3 nitrogen and oxygen atoms in total. The monoisotopic (exact) mass is 267 g/mol. The number of benzene rings is 1. The first kappa shape index (κ1) is 12.8. The van der Waals surface area contributed by atoms with Crippen LogP contribution in [-0.2, 0) is 16.0 Å². The Morgan fingerprint density at radius 3 is 2.83 bits per heavy atom. The van der Waals surface area contributed by atoms with Crippen LogP contribution in [0.3, 0.4) is 0 Å². The lowest BCUT2D eigenvalue weighted by molar-refractivity contribution is -0.139. The Morgan fingerprint density at radius 1 is 1.44 bits per heavy atom. The summed E-state index contributed by atoms with van der Waals surface area (Å²) in [5.74, 6) is -0.915. The number of aromatic nitrogens is 1. The molecule has 2 rings (SSSR count). The molecule has 0 unspecified atom stereocenters. The predicted molar refractivity (Wildman–Crippen MR) is 67.2 cm³/mol. The van der Waals surface area contributed by atoms with Gasteiger partial charge in [-0.3, -0.25) is 4.79 Å². The van der Waals surface area contributed by atoms with E-state index in [9.17, 15) is 9.18 Å². The number of hydrogen-bond donors (Lipinski definition) is 0. The number of nitrogens with zero attached hydrogens (tertiary/aromatic N) is 1. The quantitative estimate of drug-likeness (QED) is 0.785. The molecule has 0 radical (unpaired) electrons. The fourth-order valence-electron chi connectivity index (χ4n) is 1.76. The van der Waals surface area contributed by atoms with Gasteiger partial charge in [0.05, 0.1) is 18.6 Å². The van der Waals surface area contributed by atoms with Crippen LogP contribution in [0.25, 0.3) is 10.9 Å². The van der Waals surface area contributed by atoms with Crippen LogP contribution in [0.15, 0.2) is 18.2 Å². The number of pyridine rings is 1. The lowest BCUT2D eigenvalue weighted by Crippen LogP contribution is -2.05. The zero-order chi connectivity index (χ0) is 13.3. The van der Waals surface area contributed by atoms with Gasteiger partial charge in [-0.15, -0.1) is 0 Å². The molecule has 0 fully saturated rings. The Hall–Kier alpha value is -1.68. The van der Waals surface area contributed by atoms with Crippen molar-refractivity contribution in [3.63, 3.8) is 0 Å². The summed E-state index contributed by atoms with van der Waals surface area (Å²) in [5, 5.41) is 0.921. The molecule has 0 saturated carbocycles. The van der Waals surface area contributed by atoms with Gasteiger partial charge in [0.1, 0.15) is 11.3 Å². The normalized spacial score (nSPS) is 10.7. The molecule has 1 aromatic heterocycles. The van der Waals surface area contributed by atoms with Gasteiger partial charge in [-0.1, -0.05) is 11.6 Å². The first-order chi connectivity index (χ1) is 8.51. The molecule has 0 aliphatic heterocycles. The Kier molecular flexibility index (Phi) is 3.48. The van der Waals surface area contributed by atoms with Gasteiger partial charge >= 0.3 is 5.97 Å². The summed E-state index contributed by atoms with van der Waals surface area (Å²) in [7, 11) is 1.29. The van der Waals surface area contributed by atoms with Crippen molar-refractivity contribution in [2.75, 3.05) is 7.11 Å². The van der Waals surface area contributed by atoms with Crippen LogP contribution in [0.1, 0.15) is 11.3 Å². The van der Waals surface area contributed by atoms with Crippen molar-refractivity contribution >= 4 is 28.5 Å². The molecule has 0 bridgehead atoms. The molecule has 0 saturated heterocycles. The summed E-state index contributed by atoms with van der Waals surface area (Å²) in [5.41, 5.74) is 1.38. The van der Waals surface area contributed by atoms with Crippen molar-refractivity contribution < 1.29 is 13.9 Å². The minimum absolute atomic E-state index is 0.00751. The van der Waals surface area contributed by atoms with Crippen LogP contribution in [0.2, 0.25) is 5.02 Å². The molecule has 0 amide bonds. The van der Waals surface area contributed by atoms with E-state index in [1.165, 1.54) is 13.2 Å². The van der Waals surface area contributed by atoms with E-state index in [0.717, 1.165) is 0 Å². The molecule has 0 aliphatic carbocycles. The topological polar surface area (TPSA) is 39.2 Å². The van der Waals surface area contributed by atoms with Crippen LogP contribution in [0.4, 0.5) is 4.39 Å². The minimum atomic E-state index is -0.489. The van der Waals surface area contributed by atoms with Crippen LogP contribution in [0.5, 0.6) is 0 Å². The largest absolute Gasteiger partial charge is 0.469 e. The van der Waals surface area contributed by atoms with Crippen molar-refractivity contribution in [1.29, 1.82) is 0 Å². The standard InChI is InChI=1S/C13H11ClFNO2/c1-7-3-10(14)9-4-8(6-12(17)18-2)5-11(15)13(9)16-7/h3-5H,6H2,1-2H3. The third kappa shape index (κ3) is 2.43. The average Bonchev–Trinajstić information content (AvgIpc) is 2.30. The van der Waals surface area contributed by atoms with Crippen molar-refractivity contribution in [3.05, 3.63) is 40.3 Å². The van der Waals surface area contributed by atoms with E-state index >= 15 is 0 Å². The molecule has 94 valence electrons. The van der Waals surface area contributed by atoms with Gasteiger partial charge in [-0.05, 0) is 30.7 Å². The second-order valence-corrected chi connectivity index (χ2v) is 4.38. The molecule has 1 aromatic carbocycles. The Labute approximate surface area is 109 Å². The molecule has 2 aromatic rings. The van der Waals surface area contributed by atoms with Gasteiger partial charge in [0.15, 0.2) is 0 Å². The number of hydrogen-bond acceptors (Lipinski definition) is 3. The smallest absolute Gasteiger partial charge is 0.309 e. The molecular weight excluding hydrogens is 257 g/mol. The van der Waals surface area contributed by atoms with Gasteiger partial charge in [-0.2, -0.15) is 0 Å². The number of carbonyl (C=O) groups is 1. The van der Waals surface area contributed by atoms with Gasteiger partial charge in [0.25, 0.3) is 0 Å². The second kappa shape index (κ2) is 4.90. The maximum absolute atomic E-state index is 13.9. The highest BCUT2D eigenvalue weighted by Gasteiger charge is 2.11. The summed E-state index contributed by atoms with van der Waals surface area (Å²) in [6.45, 7) is 1.74. The van der Waals surface area contributed by atoms with Gasteiger partial charge in [0.2, 0.25) is 0 Å². The van der Waals surface area contributed by atoms with Gasteiger partial charge in [0, 0.05) is 11.1 Å². The first-order valence-corrected chi connectivity index (χ1v) is 5.71. The number of methoxy groups -OCH3 is 1. The molecule has 0 N–H and O–H groups in total. The zero-order valence-corrected chi connectivity index (χ0v) is 10.7. The van der Waals surface area contributed by atoms with E-state index in [1.807, 2.05) is 0 Å². The average molecular weight is 268 g/mol. The van der Waals surface area contributed by atoms with Crippen molar-refractivity contribution in [3.8, 4) is 0 Å². The zero-order valence-electron chi connectivity index (χ0n) is 9.96. The van der Waals surface area contributed by atoms with Gasteiger partial charge < -0.3 is 4.74 Å². The van der Waals surface area contributed by atoms with Gasteiger partial charge in [-0.25, -0.2) is 9.37 Å². The maximum Gasteiger partial charge on any atom is 0.309 e. The van der Waals surface area contributed by atoms with E-state index in [1.54, 1.807) is 19.1 Å². The van der Waals surface area contributed by atoms with Crippen LogP contribution < -0.4 is 0 Å². The number of aryl methyl sites for hydroxylation is 1. The number of ether oxygens (including phenoxy) is 1. The lowest BCUT2D eigenvalue weighted by atomic mass is 10.1. The molecule has 0 atom stereocenters. The van der Waals surface area contributed by atoms with E-state index in [0.29, 0.717) is 21.7 Å². The summed E-state index contributed by atoms with van der Waals surface area (Å²) >= 11 is 6.05. The fraction of sp³-hybridized carbons (Fsp3) is 0.231. The highest BCUT2D eigenvalue weighted by Crippen LogP contribution is 2.26. The number of carbonyl (C=O) groups excluding carboxylic acids is 1. The molecule has 1 heterocycles. The second-order valence-electron chi connectivity index (χ2n) is 3.97. The SMILES string of the molecule is COC(=O)Cc1cc(F)c2nc(C)cc(Cl)c2c1. The minimum Gasteiger partial charge on any atom is -0.469 e. The maximum atomic E-state index is 13.9. The van der Waals surface area contributed by atoms with Crippen molar-refractivity contribution in [2.24, 2.45) is 0 Å². The van der Waals surface area contributed by atoms with Crippen molar-refractivity contribution in [2.45, 2.75) is 13.3 Å². The fourth-order valence-corrected chi connectivity index (χ4v) is 2.06. The van der Waals surface area contributed by atoms with Crippen LogP contribution in [0, 0.1) is 12.7 Å². The highest BCUT2D eigenvalue weighted by molar-refractivity contribution is 6.35. The molecule has 18 heavy (non-hydrogen) atoms. The molecule has 5 heteroatoms. The highest BCUT2D eigenvalue weighted by atomic mass is 35.5. The number of fused-ring (bicyclic) bond motifs is 1. The van der Waals surface area contributed by atoms with Crippen LogP contribution >= 0.6 is 11.6 Å². The molecule has 0 spiro atoms. The van der Waals surface area contributed by atoms with Crippen molar-refractivity contribution in [1.82, 2.24) is 4.98 Å². The lowest BCUT2D eigenvalue weighted by Gasteiger charge is -2.06. The number of halogens is 2. The third-order valence-electron chi connectivity index (χ3n) is 2.58. The summed E-state index contributed by atoms with van der Waals surface area (Å²) < 4.78 is 18.4. The van der Waals surface area contributed by atoms with Crippen LogP contribution in [-0.4, -0.2) is 18.1 Å². The van der Waals surface area contributed by atoms with E-state index in [2.05, 4.69) is 9.72 Å². The molecular formula is C13H11ClFNO2. The predicted octanol–water partition coefficient (Wildman–Crippen LogP) is 3.05. The Morgan fingerprint density at radius 2 is 2.17 bits per heavy atom. The summed E-state index contributed by atoms with van der Waals surface area (Å²) in [4.78, 5) is 15.3. The van der Waals surface area contributed by atoms with E-state index < -0.39 is 11.8 Å². The van der Waals surface area contributed by atoms with E-state index in [-0.39, 0.29) is 11.9 Å². The summed E-state index contributed by atoms with van der Waals surface area (Å²) in [6.07, 6.45) is 0.00751. The summed E-state index contributed by atoms with van der Waals surface area (Å²) in [6, 6.07) is 4.59. The first-order valence-electron chi connectivity index (χ1n) is 5.33. The Balaban J connectivity index is 2.58. The number of esters is 1. The Bertz CT molecular complexity index is 628. The van der Waals surface area contributed by atoms with E-state index in [4.69, 9.17) is 11.6 Å². The molecule has 0 aliphatic rings. The number of rotatable bonds is 2.